The number of benzene rings is 1. The number of hydrogen-bond acceptors (Lipinski definition) is 3. The molecule has 0 radical (unpaired) electrons. The number of halogens is 1. The molecule has 2 N–H and O–H groups in total. The van der Waals surface area contributed by atoms with Crippen molar-refractivity contribution in [1.82, 2.24) is 9.80 Å². The van der Waals surface area contributed by atoms with E-state index in [0.717, 1.165) is 18.7 Å². The summed E-state index contributed by atoms with van der Waals surface area (Å²) in [5, 5.41) is 0. The van der Waals surface area contributed by atoms with Crippen molar-refractivity contribution >= 4 is 0 Å². The van der Waals surface area contributed by atoms with Gasteiger partial charge in [-0.3, -0.25) is 9.80 Å². The van der Waals surface area contributed by atoms with E-state index in [2.05, 4.69) is 37.6 Å². The maximum atomic E-state index is 13.0. The number of piperazine rings is 1. The van der Waals surface area contributed by atoms with Gasteiger partial charge in [0.15, 0.2) is 0 Å². The molecule has 1 aliphatic rings. The number of nitrogens with two attached hydrogens (primary N) is 1. The minimum absolute atomic E-state index is 0.0848. The minimum atomic E-state index is -0.213. The number of rotatable bonds is 3. The summed E-state index contributed by atoms with van der Waals surface area (Å²) < 4.78 is 13.0. The molecule has 3 nitrogen and oxygen atoms in total. The standard InChI is InChI=1S/C16H26FN3/c1-11-9-20(10-12(2)19(11)4)13(3)16(18)14-5-7-15(17)8-6-14/h5-8,11-13,16H,9-10,18H2,1-4H3. The highest BCUT2D eigenvalue weighted by molar-refractivity contribution is 5.21. The maximum Gasteiger partial charge on any atom is 0.123 e. The van der Waals surface area contributed by atoms with Crippen LogP contribution >= 0.6 is 0 Å². The van der Waals surface area contributed by atoms with Crippen molar-refractivity contribution < 1.29 is 4.39 Å². The first-order valence-corrected chi connectivity index (χ1v) is 7.37. The molecule has 0 aliphatic carbocycles. The first kappa shape index (κ1) is 15.4. The molecule has 20 heavy (non-hydrogen) atoms. The van der Waals surface area contributed by atoms with E-state index in [1.807, 2.05) is 0 Å². The van der Waals surface area contributed by atoms with Crippen molar-refractivity contribution in [2.45, 2.75) is 44.9 Å². The van der Waals surface area contributed by atoms with Crippen LogP contribution in [0.25, 0.3) is 0 Å². The Morgan fingerprint density at radius 3 is 2.15 bits per heavy atom. The summed E-state index contributed by atoms with van der Waals surface area (Å²) in [5.41, 5.74) is 7.37. The second-order valence-electron chi connectivity index (χ2n) is 6.14. The van der Waals surface area contributed by atoms with E-state index in [0.29, 0.717) is 12.1 Å². The summed E-state index contributed by atoms with van der Waals surface area (Å²) in [5.74, 6) is -0.213. The van der Waals surface area contributed by atoms with Gasteiger partial charge in [-0.05, 0) is 45.5 Å². The van der Waals surface area contributed by atoms with E-state index in [9.17, 15) is 4.39 Å². The lowest BCUT2D eigenvalue weighted by atomic mass is 9.97. The van der Waals surface area contributed by atoms with Crippen molar-refractivity contribution in [3.05, 3.63) is 35.6 Å². The Kier molecular flexibility index (Phi) is 4.78. The lowest BCUT2D eigenvalue weighted by Crippen LogP contribution is -2.58. The first-order chi connectivity index (χ1) is 9.40. The lowest BCUT2D eigenvalue weighted by molar-refractivity contribution is 0.0314. The van der Waals surface area contributed by atoms with Crippen LogP contribution in [0.15, 0.2) is 24.3 Å². The molecule has 1 fully saturated rings. The van der Waals surface area contributed by atoms with Gasteiger partial charge < -0.3 is 5.73 Å². The van der Waals surface area contributed by atoms with Gasteiger partial charge in [0.05, 0.1) is 0 Å². The molecule has 1 aromatic carbocycles. The highest BCUT2D eigenvalue weighted by Crippen LogP contribution is 2.23. The summed E-state index contributed by atoms with van der Waals surface area (Å²) in [4.78, 5) is 4.86. The molecule has 1 aromatic rings. The Morgan fingerprint density at radius 1 is 1.15 bits per heavy atom. The third kappa shape index (κ3) is 3.19. The number of likely N-dealkylation sites (N-methyl/N-ethyl adjacent to an activating group) is 1. The molecule has 4 atom stereocenters. The molecular formula is C16H26FN3. The van der Waals surface area contributed by atoms with Crippen molar-refractivity contribution in [2.24, 2.45) is 5.73 Å². The number of nitrogens with zero attached hydrogens (tertiary/aromatic N) is 2. The van der Waals surface area contributed by atoms with E-state index < -0.39 is 0 Å². The van der Waals surface area contributed by atoms with E-state index in [1.54, 1.807) is 12.1 Å². The van der Waals surface area contributed by atoms with E-state index >= 15 is 0 Å². The lowest BCUT2D eigenvalue weighted by Gasteiger charge is -2.46. The van der Waals surface area contributed by atoms with Gasteiger partial charge in [0.1, 0.15) is 5.82 Å². The minimum Gasteiger partial charge on any atom is -0.323 e. The number of hydrogen-bond donors (Lipinski definition) is 1. The molecule has 4 unspecified atom stereocenters. The zero-order chi connectivity index (χ0) is 14.9. The summed E-state index contributed by atoms with van der Waals surface area (Å²) in [6.45, 7) is 8.71. The van der Waals surface area contributed by atoms with Crippen LogP contribution in [0.5, 0.6) is 0 Å². The fraction of sp³-hybridized carbons (Fsp3) is 0.625. The third-order valence-corrected chi connectivity index (χ3v) is 4.74. The van der Waals surface area contributed by atoms with Crippen LogP contribution in [0.2, 0.25) is 0 Å². The van der Waals surface area contributed by atoms with Crippen LogP contribution in [0.3, 0.4) is 0 Å². The van der Waals surface area contributed by atoms with Gasteiger partial charge in [-0.15, -0.1) is 0 Å². The fourth-order valence-corrected chi connectivity index (χ4v) is 2.97. The molecule has 0 saturated carbocycles. The normalized spacial score (nSPS) is 28.3. The molecule has 0 spiro atoms. The fourth-order valence-electron chi connectivity index (χ4n) is 2.97. The predicted octanol–water partition coefficient (Wildman–Crippen LogP) is 2.24. The Balaban J connectivity index is 2.06. The van der Waals surface area contributed by atoms with E-state index in [4.69, 9.17) is 5.73 Å². The first-order valence-electron chi connectivity index (χ1n) is 7.37. The summed E-state index contributed by atoms with van der Waals surface area (Å²) in [6, 6.07) is 7.77. The maximum absolute atomic E-state index is 13.0. The molecule has 4 heteroatoms. The Hall–Kier alpha value is -0.970. The van der Waals surface area contributed by atoms with Gasteiger partial charge in [0.2, 0.25) is 0 Å². The van der Waals surface area contributed by atoms with Crippen LogP contribution in [-0.2, 0) is 0 Å². The second-order valence-corrected chi connectivity index (χ2v) is 6.14. The molecule has 1 heterocycles. The molecule has 112 valence electrons. The zero-order valence-corrected chi connectivity index (χ0v) is 12.9. The molecule has 2 rings (SSSR count). The smallest absolute Gasteiger partial charge is 0.123 e. The highest BCUT2D eigenvalue weighted by Gasteiger charge is 2.31. The van der Waals surface area contributed by atoms with Crippen LogP contribution in [0, 0.1) is 5.82 Å². The van der Waals surface area contributed by atoms with Crippen molar-refractivity contribution in [3.63, 3.8) is 0 Å². The van der Waals surface area contributed by atoms with Crippen molar-refractivity contribution in [1.29, 1.82) is 0 Å². The Bertz CT molecular complexity index is 422. The summed E-state index contributed by atoms with van der Waals surface area (Å²) in [6.07, 6.45) is 0. The molecule has 1 saturated heterocycles. The topological polar surface area (TPSA) is 32.5 Å². The molecular weight excluding hydrogens is 253 g/mol. The van der Waals surface area contributed by atoms with Gasteiger partial charge in [0.25, 0.3) is 0 Å². The van der Waals surface area contributed by atoms with Gasteiger partial charge in [-0.1, -0.05) is 12.1 Å². The monoisotopic (exact) mass is 279 g/mol. The van der Waals surface area contributed by atoms with E-state index in [1.165, 1.54) is 12.1 Å². The molecule has 0 amide bonds. The zero-order valence-electron chi connectivity index (χ0n) is 12.9. The van der Waals surface area contributed by atoms with Gasteiger partial charge in [-0.25, -0.2) is 4.39 Å². The predicted molar refractivity (Wildman–Crippen MR) is 81.1 cm³/mol. The van der Waals surface area contributed by atoms with Gasteiger partial charge in [-0.2, -0.15) is 0 Å². The molecule has 1 aliphatic heterocycles. The average molecular weight is 279 g/mol. The highest BCUT2D eigenvalue weighted by atomic mass is 19.1. The third-order valence-electron chi connectivity index (χ3n) is 4.74. The van der Waals surface area contributed by atoms with Crippen LogP contribution < -0.4 is 5.73 Å². The quantitative estimate of drug-likeness (QED) is 0.921. The largest absolute Gasteiger partial charge is 0.323 e. The summed E-state index contributed by atoms with van der Waals surface area (Å²) in [7, 11) is 2.18. The Morgan fingerprint density at radius 2 is 1.65 bits per heavy atom. The second kappa shape index (κ2) is 6.20. The van der Waals surface area contributed by atoms with Gasteiger partial charge >= 0.3 is 0 Å². The van der Waals surface area contributed by atoms with Crippen molar-refractivity contribution in [2.75, 3.05) is 20.1 Å². The van der Waals surface area contributed by atoms with Crippen LogP contribution in [-0.4, -0.2) is 48.1 Å². The molecule has 0 aromatic heterocycles. The van der Waals surface area contributed by atoms with Gasteiger partial charge in [0, 0.05) is 37.3 Å². The average Bonchev–Trinajstić information content (AvgIpc) is 2.43. The summed E-state index contributed by atoms with van der Waals surface area (Å²) >= 11 is 0. The van der Waals surface area contributed by atoms with E-state index in [-0.39, 0.29) is 17.9 Å². The van der Waals surface area contributed by atoms with Crippen LogP contribution in [0.4, 0.5) is 4.39 Å². The van der Waals surface area contributed by atoms with Crippen LogP contribution in [0.1, 0.15) is 32.4 Å². The SMILES string of the molecule is CC(C(N)c1ccc(F)cc1)N1CC(C)N(C)C(C)C1. The Labute approximate surface area is 121 Å². The van der Waals surface area contributed by atoms with Crippen molar-refractivity contribution in [3.8, 4) is 0 Å². The molecule has 0 bridgehead atoms.